The quantitative estimate of drug-likeness (QED) is 0.521. The molecule has 0 N–H and O–H groups in total. The molecule has 0 atom stereocenters. The third-order valence-electron chi connectivity index (χ3n) is 2.31. The Morgan fingerprint density at radius 2 is 2.08 bits per heavy atom. The van der Waals surface area contributed by atoms with Gasteiger partial charge in [-0.15, -0.1) is 0 Å². The second-order valence-corrected chi connectivity index (χ2v) is 3.03. The van der Waals surface area contributed by atoms with Gasteiger partial charge in [-0.05, 0) is 18.2 Å². The van der Waals surface area contributed by atoms with Crippen molar-refractivity contribution >= 4 is 22.8 Å². The smallest absolute Gasteiger partial charge is 0.152 e. The van der Waals surface area contributed by atoms with Gasteiger partial charge in [0.1, 0.15) is 0 Å². The van der Waals surface area contributed by atoms with E-state index in [1.54, 1.807) is 12.4 Å². The highest BCUT2D eigenvalue weighted by molar-refractivity contribution is 5.92. The first-order valence-electron chi connectivity index (χ1n) is 4.03. The lowest BCUT2D eigenvalue weighted by Gasteiger charge is -1.94. The minimum atomic E-state index is 0.703. The van der Waals surface area contributed by atoms with Gasteiger partial charge >= 0.3 is 0 Å². The SMILES string of the molecule is O=Cc1cc2ccc3cncc1n32. The maximum Gasteiger partial charge on any atom is 0.152 e. The van der Waals surface area contributed by atoms with Gasteiger partial charge < -0.3 is 4.40 Å². The molecule has 62 valence electrons. The molecular weight excluding hydrogens is 164 g/mol. The summed E-state index contributed by atoms with van der Waals surface area (Å²) in [6, 6.07) is 5.85. The van der Waals surface area contributed by atoms with E-state index in [4.69, 9.17) is 0 Å². The number of carbonyl (C=O) groups excluding carboxylic acids is 1. The predicted molar refractivity (Wildman–Crippen MR) is 49.3 cm³/mol. The van der Waals surface area contributed by atoms with Gasteiger partial charge in [-0.2, -0.15) is 0 Å². The predicted octanol–water partition coefficient (Wildman–Crippen LogP) is 1.74. The van der Waals surface area contributed by atoms with Crippen LogP contribution in [0.2, 0.25) is 0 Å². The molecule has 0 spiro atoms. The van der Waals surface area contributed by atoms with Crippen LogP contribution in [0.15, 0.2) is 30.6 Å². The standard InChI is InChI=1S/C10H6N2O/c13-6-7-3-8-1-2-9-4-11-5-10(7)12(8)9/h1-6H. The average Bonchev–Trinajstić information content (AvgIpc) is 2.72. The molecule has 0 saturated carbocycles. The Morgan fingerprint density at radius 1 is 1.23 bits per heavy atom. The van der Waals surface area contributed by atoms with E-state index in [1.807, 2.05) is 22.6 Å². The van der Waals surface area contributed by atoms with E-state index in [-0.39, 0.29) is 0 Å². The van der Waals surface area contributed by atoms with Gasteiger partial charge in [-0.1, -0.05) is 0 Å². The van der Waals surface area contributed by atoms with Crippen LogP contribution in [-0.2, 0) is 0 Å². The van der Waals surface area contributed by atoms with Gasteiger partial charge in [0.05, 0.1) is 23.4 Å². The molecule has 0 bridgehead atoms. The minimum Gasteiger partial charge on any atom is -0.307 e. The van der Waals surface area contributed by atoms with Gasteiger partial charge in [0.15, 0.2) is 6.29 Å². The second kappa shape index (κ2) is 2.07. The number of nitrogens with zero attached hydrogens (tertiary/aromatic N) is 2. The highest BCUT2D eigenvalue weighted by Gasteiger charge is 2.07. The van der Waals surface area contributed by atoms with E-state index in [1.165, 1.54) is 0 Å². The Labute approximate surface area is 74.0 Å². The van der Waals surface area contributed by atoms with Crippen molar-refractivity contribution in [2.45, 2.75) is 0 Å². The first-order valence-corrected chi connectivity index (χ1v) is 4.03. The second-order valence-electron chi connectivity index (χ2n) is 3.03. The third kappa shape index (κ3) is 0.685. The summed E-state index contributed by atoms with van der Waals surface area (Å²) < 4.78 is 2.02. The number of hydrogen-bond acceptors (Lipinski definition) is 2. The first kappa shape index (κ1) is 6.60. The van der Waals surface area contributed by atoms with Crippen molar-refractivity contribution in [3.8, 4) is 0 Å². The summed E-state index contributed by atoms with van der Waals surface area (Å²) in [6.45, 7) is 0. The van der Waals surface area contributed by atoms with Crippen molar-refractivity contribution in [2.75, 3.05) is 0 Å². The van der Waals surface area contributed by atoms with E-state index in [0.29, 0.717) is 5.56 Å². The summed E-state index contributed by atoms with van der Waals surface area (Å²) in [5.74, 6) is 0. The van der Waals surface area contributed by atoms with E-state index in [9.17, 15) is 4.79 Å². The van der Waals surface area contributed by atoms with Crippen LogP contribution in [0.5, 0.6) is 0 Å². The molecule has 0 aliphatic heterocycles. The molecule has 0 fully saturated rings. The van der Waals surface area contributed by atoms with Crippen LogP contribution in [-0.4, -0.2) is 15.7 Å². The molecule has 3 heteroatoms. The zero-order chi connectivity index (χ0) is 8.84. The molecule has 0 saturated heterocycles. The number of rotatable bonds is 1. The van der Waals surface area contributed by atoms with Gasteiger partial charge in [0.25, 0.3) is 0 Å². The fourth-order valence-electron chi connectivity index (χ4n) is 1.73. The van der Waals surface area contributed by atoms with Gasteiger partial charge in [0.2, 0.25) is 0 Å². The summed E-state index contributed by atoms with van der Waals surface area (Å²) in [4.78, 5) is 14.8. The normalized spacial score (nSPS) is 11.4. The molecule has 3 aromatic rings. The maximum absolute atomic E-state index is 10.7. The van der Waals surface area contributed by atoms with Crippen molar-refractivity contribution in [3.05, 3.63) is 36.2 Å². The average molecular weight is 170 g/mol. The highest BCUT2D eigenvalue weighted by atomic mass is 16.1. The van der Waals surface area contributed by atoms with E-state index >= 15 is 0 Å². The Bertz CT molecular complexity index is 577. The van der Waals surface area contributed by atoms with E-state index in [0.717, 1.165) is 22.8 Å². The molecule has 0 aliphatic carbocycles. The fraction of sp³-hybridized carbons (Fsp3) is 0. The maximum atomic E-state index is 10.7. The van der Waals surface area contributed by atoms with Crippen LogP contribution in [0, 0.1) is 0 Å². The van der Waals surface area contributed by atoms with E-state index < -0.39 is 0 Å². The van der Waals surface area contributed by atoms with Crippen LogP contribution in [0.1, 0.15) is 10.4 Å². The number of carbonyl (C=O) groups is 1. The topological polar surface area (TPSA) is 34.4 Å². The van der Waals surface area contributed by atoms with Crippen molar-refractivity contribution in [2.24, 2.45) is 0 Å². The lowest BCUT2D eigenvalue weighted by molar-refractivity contribution is 0.112. The molecule has 0 aliphatic rings. The van der Waals surface area contributed by atoms with Crippen molar-refractivity contribution < 1.29 is 4.79 Å². The summed E-state index contributed by atoms with van der Waals surface area (Å²) in [5.41, 5.74) is 3.66. The zero-order valence-corrected chi connectivity index (χ0v) is 6.77. The van der Waals surface area contributed by atoms with Crippen molar-refractivity contribution in [3.63, 3.8) is 0 Å². The lowest BCUT2D eigenvalue weighted by Crippen LogP contribution is -1.85. The van der Waals surface area contributed by atoms with Crippen LogP contribution >= 0.6 is 0 Å². The third-order valence-corrected chi connectivity index (χ3v) is 2.31. The zero-order valence-electron chi connectivity index (χ0n) is 6.77. The number of aldehydes is 1. The Morgan fingerprint density at radius 3 is 2.92 bits per heavy atom. The van der Waals surface area contributed by atoms with Crippen LogP contribution in [0.4, 0.5) is 0 Å². The number of aromatic nitrogens is 2. The fourth-order valence-corrected chi connectivity index (χ4v) is 1.73. The number of hydrogen-bond donors (Lipinski definition) is 0. The summed E-state index contributed by atoms with van der Waals surface area (Å²) in [6.07, 6.45) is 4.36. The Balaban J connectivity index is 2.68. The molecule has 3 aromatic heterocycles. The van der Waals surface area contributed by atoms with Crippen molar-refractivity contribution in [1.82, 2.24) is 9.38 Å². The molecule has 0 radical (unpaired) electrons. The van der Waals surface area contributed by atoms with Gasteiger partial charge in [-0.25, -0.2) is 0 Å². The molecule has 0 aromatic carbocycles. The monoisotopic (exact) mass is 170 g/mol. The molecule has 3 nitrogen and oxygen atoms in total. The molecule has 3 rings (SSSR count). The summed E-state index contributed by atoms with van der Waals surface area (Å²) >= 11 is 0. The summed E-state index contributed by atoms with van der Waals surface area (Å²) in [7, 11) is 0. The van der Waals surface area contributed by atoms with Gasteiger partial charge in [0, 0.05) is 11.1 Å². The lowest BCUT2D eigenvalue weighted by atomic mass is 10.3. The van der Waals surface area contributed by atoms with Crippen LogP contribution in [0.25, 0.3) is 16.6 Å². The van der Waals surface area contributed by atoms with E-state index in [2.05, 4.69) is 4.98 Å². The Kier molecular flexibility index (Phi) is 1.05. The van der Waals surface area contributed by atoms with Crippen LogP contribution < -0.4 is 0 Å². The largest absolute Gasteiger partial charge is 0.307 e. The minimum absolute atomic E-state index is 0.703. The molecule has 0 amide bonds. The first-order chi connectivity index (χ1) is 6.40. The Hall–Kier alpha value is -1.90. The molecule has 13 heavy (non-hydrogen) atoms. The van der Waals surface area contributed by atoms with Crippen molar-refractivity contribution in [1.29, 1.82) is 0 Å². The molecule has 3 heterocycles. The van der Waals surface area contributed by atoms with Crippen LogP contribution in [0.3, 0.4) is 0 Å². The molecule has 0 unspecified atom stereocenters. The van der Waals surface area contributed by atoms with Gasteiger partial charge in [-0.3, -0.25) is 9.78 Å². The highest BCUT2D eigenvalue weighted by Crippen LogP contribution is 2.21. The molecular formula is C10H6N2O. The summed E-state index contributed by atoms with van der Waals surface area (Å²) in [5, 5.41) is 0.